The highest BCUT2D eigenvalue weighted by atomic mass is 35.5. The van der Waals surface area contributed by atoms with Crippen molar-refractivity contribution in [2.24, 2.45) is 0 Å². The Morgan fingerprint density at radius 3 is 2.50 bits per heavy atom. The molecule has 1 atom stereocenters. The van der Waals surface area contributed by atoms with E-state index in [1.54, 1.807) is 0 Å². The standard InChI is InChI=1S/C17H25N3.2ClH/c1-2-3-4-9-17(20-12-10-19-11-13-20)16-8-6-5-7-15(16)14-18;;/h5-8,17,19H,2-4,9-13H2,1H3;2*1H/t17-;;/m0../s1. The molecule has 1 heterocycles. The minimum Gasteiger partial charge on any atom is -0.314 e. The molecular formula is C17H27Cl2N3. The van der Waals surface area contributed by atoms with Gasteiger partial charge < -0.3 is 5.32 Å². The third-order valence-electron chi connectivity index (χ3n) is 4.11. The van der Waals surface area contributed by atoms with Crippen molar-refractivity contribution in [2.75, 3.05) is 26.2 Å². The maximum atomic E-state index is 9.36. The summed E-state index contributed by atoms with van der Waals surface area (Å²) in [6.07, 6.45) is 4.92. The van der Waals surface area contributed by atoms with Gasteiger partial charge in [0.05, 0.1) is 11.6 Å². The van der Waals surface area contributed by atoms with Gasteiger partial charge in [0.15, 0.2) is 0 Å². The van der Waals surface area contributed by atoms with Gasteiger partial charge in [-0.15, -0.1) is 24.8 Å². The Hall–Kier alpha value is -0.790. The van der Waals surface area contributed by atoms with Crippen molar-refractivity contribution in [3.05, 3.63) is 35.4 Å². The number of nitrogens with zero attached hydrogens (tertiary/aromatic N) is 2. The van der Waals surface area contributed by atoms with Gasteiger partial charge >= 0.3 is 0 Å². The Kier molecular flexibility index (Phi) is 11.3. The summed E-state index contributed by atoms with van der Waals surface area (Å²) in [6.45, 7) is 6.51. The topological polar surface area (TPSA) is 39.1 Å². The van der Waals surface area contributed by atoms with Crippen molar-refractivity contribution in [1.82, 2.24) is 10.2 Å². The molecule has 0 amide bonds. The first-order valence-electron chi connectivity index (χ1n) is 7.80. The predicted molar refractivity (Wildman–Crippen MR) is 97.0 cm³/mol. The lowest BCUT2D eigenvalue weighted by molar-refractivity contribution is 0.162. The highest BCUT2D eigenvalue weighted by molar-refractivity contribution is 5.85. The van der Waals surface area contributed by atoms with Gasteiger partial charge in [0.2, 0.25) is 0 Å². The van der Waals surface area contributed by atoms with E-state index in [0.717, 1.165) is 38.2 Å². The summed E-state index contributed by atoms with van der Waals surface area (Å²) in [7, 11) is 0. The van der Waals surface area contributed by atoms with Crippen molar-refractivity contribution in [3.8, 4) is 6.07 Å². The average Bonchev–Trinajstić information content (AvgIpc) is 2.52. The van der Waals surface area contributed by atoms with Gasteiger partial charge in [-0.1, -0.05) is 44.4 Å². The van der Waals surface area contributed by atoms with E-state index < -0.39 is 0 Å². The molecule has 124 valence electrons. The summed E-state index contributed by atoms with van der Waals surface area (Å²) in [5, 5.41) is 12.8. The number of halogens is 2. The molecular weight excluding hydrogens is 317 g/mol. The fourth-order valence-electron chi connectivity index (χ4n) is 3.01. The van der Waals surface area contributed by atoms with Crippen LogP contribution in [-0.4, -0.2) is 31.1 Å². The van der Waals surface area contributed by atoms with Crippen LogP contribution in [0.25, 0.3) is 0 Å². The quantitative estimate of drug-likeness (QED) is 0.795. The van der Waals surface area contributed by atoms with Crippen LogP contribution in [0, 0.1) is 11.3 Å². The first-order chi connectivity index (χ1) is 9.86. The Labute approximate surface area is 146 Å². The molecule has 0 saturated carbocycles. The second-order valence-corrected chi connectivity index (χ2v) is 5.50. The Bertz CT molecular complexity index is 453. The Morgan fingerprint density at radius 1 is 1.18 bits per heavy atom. The van der Waals surface area contributed by atoms with E-state index in [-0.39, 0.29) is 24.8 Å². The van der Waals surface area contributed by atoms with Crippen molar-refractivity contribution >= 4 is 24.8 Å². The van der Waals surface area contributed by atoms with Crippen molar-refractivity contribution < 1.29 is 0 Å². The number of hydrogen-bond acceptors (Lipinski definition) is 3. The lowest BCUT2D eigenvalue weighted by atomic mass is 9.94. The van der Waals surface area contributed by atoms with Gasteiger partial charge in [0.25, 0.3) is 0 Å². The average molecular weight is 344 g/mol. The molecule has 1 aliphatic heterocycles. The third-order valence-corrected chi connectivity index (χ3v) is 4.11. The molecule has 1 aromatic rings. The number of nitrogens with one attached hydrogen (secondary N) is 1. The van der Waals surface area contributed by atoms with E-state index in [0.29, 0.717) is 6.04 Å². The van der Waals surface area contributed by atoms with Crippen LogP contribution in [0.2, 0.25) is 0 Å². The SMILES string of the molecule is CCCCC[C@@H](c1ccccc1C#N)N1CCNCC1.Cl.Cl. The zero-order chi connectivity index (χ0) is 14.2. The molecule has 5 heteroatoms. The van der Waals surface area contributed by atoms with Gasteiger partial charge in [-0.05, 0) is 18.1 Å². The minimum atomic E-state index is 0. The highest BCUT2D eigenvalue weighted by Gasteiger charge is 2.23. The van der Waals surface area contributed by atoms with Crippen LogP contribution >= 0.6 is 24.8 Å². The first kappa shape index (κ1) is 21.2. The number of piperazine rings is 1. The molecule has 0 bridgehead atoms. The van der Waals surface area contributed by atoms with Crippen LogP contribution < -0.4 is 5.32 Å². The largest absolute Gasteiger partial charge is 0.314 e. The Morgan fingerprint density at radius 2 is 1.86 bits per heavy atom. The van der Waals surface area contributed by atoms with Gasteiger partial charge in [0.1, 0.15) is 0 Å². The molecule has 1 aliphatic rings. The molecule has 3 nitrogen and oxygen atoms in total. The van der Waals surface area contributed by atoms with Crippen LogP contribution in [0.5, 0.6) is 0 Å². The summed E-state index contributed by atoms with van der Waals surface area (Å²) in [5.74, 6) is 0. The fraction of sp³-hybridized carbons (Fsp3) is 0.588. The summed E-state index contributed by atoms with van der Waals surface area (Å²) in [4.78, 5) is 2.54. The molecule has 0 aromatic heterocycles. The van der Waals surface area contributed by atoms with Crippen LogP contribution in [0.15, 0.2) is 24.3 Å². The summed E-state index contributed by atoms with van der Waals surface area (Å²) in [5.41, 5.74) is 2.06. The lowest BCUT2D eigenvalue weighted by Crippen LogP contribution is -2.45. The van der Waals surface area contributed by atoms with Crippen LogP contribution in [0.4, 0.5) is 0 Å². The molecule has 2 rings (SSSR count). The summed E-state index contributed by atoms with van der Waals surface area (Å²) in [6, 6.07) is 10.9. The van der Waals surface area contributed by atoms with Gasteiger partial charge in [-0.2, -0.15) is 5.26 Å². The molecule has 1 aromatic carbocycles. The third kappa shape index (κ3) is 5.78. The molecule has 1 fully saturated rings. The maximum Gasteiger partial charge on any atom is 0.0995 e. The smallest absolute Gasteiger partial charge is 0.0995 e. The second kappa shape index (κ2) is 11.7. The van der Waals surface area contributed by atoms with Gasteiger partial charge in [-0.3, -0.25) is 4.90 Å². The van der Waals surface area contributed by atoms with E-state index in [1.807, 2.05) is 12.1 Å². The first-order valence-corrected chi connectivity index (χ1v) is 7.80. The monoisotopic (exact) mass is 343 g/mol. The number of benzene rings is 1. The Balaban J connectivity index is 0.00000220. The van der Waals surface area contributed by atoms with Crippen LogP contribution in [0.1, 0.15) is 49.8 Å². The van der Waals surface area contributed by atoms with E-state index in [2.05, 4.69) is 35.3 Å². The van der Waals surface area contributed by atoms with Crippen LogP contribution in [-0.2, 0) is 0 Å². The molecule has 0 radical (unpaired) electrons. The zero-order valence-corrected chi connectivity index (χ0v) is 14.9. The predicted octanol–water partition coefficient (Wildman–Crippen LogP) is 3.93. The molecule has 0 unspecified atom stereocenters. The van der Waals surface area contributed by atoms with Gasteiger partial charge in [0, 0.05) is 32.2 Å². The molecule has 22 heavy (non-hydrogen) atoms. The van der Waals surface area contributed by atoms with Crippen molar-refractivity contribution in [3.63, 3.8) is 0 Å². The van der Waals surface area contributed by atoms with E-state index >= 15 is 0 Å². The van der Waals surface area contributed by atoms with E-state index in [1.165, 1.54) is 24.8 Å². The lowest BCUT2D eigenvalue weighted by Gasteiger charge is -2.35. The number of nitriles is 1. The van der Waals surface area contributed by atoms with Crippen molar-refractivity contribution in [2.45, 2.75) is 38.6 Å². The zero-order valence-electron chi connectivity index (χ0n) is 13.3. The molecule has 1 N–H and O–H groups in total. The molecule has 1 saturated heterocycles. The highest BCUT2D eigenvalue weighted by Crippen LogP contribution is 2.29. The summed E-state index contributed by atoms with van der Waals surface area (Å²) >= 11 is 0. The molecule has 0 aliphatic carbocycles. The summed E-state index contributed by atoms with van der Waals surface area (Å²) < 4.78 is 0. The maximum absolute atomic E-state index is 9.36. The normalized spacial score (nSPS) is 16.0. The van der Waals surface area contributed by atoms with Crippen LogP contribution in [0.3, 0.4) is 0 Å². The number of rotatable bonds is 6. The number of unbranched alkanes of at least 4 members (excludes halogenated alkanes) is 2. The minimum absolute atomic E-state index is 0. The van der Waals surface area contributed by atoms with E-state index in [9.17, 15) is 5.26 Å². The number of hydrogen-bond donors (Lipinski definition) is 1. The van der Waals surface area contributed by atoms with E-state index in [4.69, 9.17) is 0 Å². The second-order valence-electron chi connectivity index (χ2n) is 5.50. The fourth-order valence-corrected chi connectivity index (χ4v) is 3.01. The van der Waals surface area contributed by atoms with Gasteiger partial charge in [-0.25, -0.2) is 0 Å². The van der Waals surface area contributed by atoms with Crippen molar-refractivity contribution in [1.29, 1.82) is 5.26 Å². The molecule has 0 spiro atoms.